The average molecular weight is 587 g/mol. The molecule has 0 radical (unpaired) electrons. The van der Waals surface area contributed by atoms with Crippen LogP contribution in [0.25, 0.3) is 11.4 Å². The predicted octanol–water partition coefficient (Wildman–Crippen LogP) is 4.75. The van der Waals surface area contributed by atoms with Crippen LogP contribution >= 0.6 is 0 Å². The second kappa shape index (κ2) is 14.2. The number of nitrogens with zero attached hydrogens (tertiary/aromatic N) is 4. The van der Waals surface area contributed by atoms with E-state index in [0.29, 0.717) is 36.1 Å². The Morgan fingerprint density at radius 2 is 1.67 bits per heavy atom. The van der Waals surface area contributed by atoms with E-state index in [1.807, 2.05) is 36.4 Å². The van der Waals surface area contributed by atoms with Crippen LogP contribution in [0, 0.1) is 6.92 Å². The standard InChI is InChI=1S/C33H38N4O6/c1-23-34-33(35-43-23)26-7-5-24(6-8-26)21-37(31(39)17-20-42-29-15-13-28(41-2)14-16-29)30(22-36-18-3-4-19-36)32(40)25-9-11-27(38)12-10-25/h5-16,30,32,38,40H,3-4,17-22H2,1-2H3/t30-,32-/m1/s1. The van der Waals surface area contributed by atoms with Gasteiger partial charge in [-0.2, -0.15) is 4.98 Å². The number of rotatable bonds is 13. The molecular formula is C33H38N4O6. The van der Waals surface area contributed by atoms with Crippen LogP contribution in [0.2, 0.25) is 0 Å². The first-order valence-corrected chi connectivity index (χ1v) is 14.5. The smallest absolute Gasteiger partial charge is 0.226 e. The van der Waals surface area contributed by atoms with Crippen LogP contribution in [0.1, 0.15) is 42.4 Å². The zero-order chi connectivity index (χ0) is 30.2. The third-order valence-electron chi connectivity index (χ3n) is 7.70. The Balaban J connectivity index is 1.39. The van der Waals surface area contributed by atoms with E-state index in [1.165, 1.54) is 0 Å². The van der Waals surface area contributed by atoms with Gasteiger partial charge in [0.05, 0.1) is 26.2 Å². The van der Waals surface area contributed by atoms with E-state index in [4.69, 9.17) is 14.0 Å². The monoisotopic (exact) mass is 586 g/mol. The van der Waals surface area contributed by atoms with Gasteiger partial charge in [-0.25, -0.2) is 0 Å². The van der Waals surface area contributed by atoms with Crippen LogP contribution < -0.4 is 9.47 Å². The molecular weight excluding hydrogens is 548 g/mol. The minimum Gasteiger partial charge on any atom is -0.508 e. The number of carbonyl (C=O) groups is 1. The first-order chi connectivity index (χ1) is 20.9. The molecule has 0 bridgehead atoms. The van der Waals surface area contributed by atoms with Gasteiger partial charge in [0.25, 0.3) is 0 Å². The number of carbonyl (C=O) groups excluding carboxylic acids is 1. The molecule has 226 valence electrons. The van der Waals surface area contributed by atoms with Gasteiger partial charge in [0.15, 0.2) is 0 Å². The molecule has 1 aromatic heterocycles. The molecule has 10 heteroatoms. The van der Waals surface area contributed by atoms with Gasteiger partial charge in [-0.05, 0) is 73.5 Å². The Labute approximate surface area is 251 Å². The van der Waals surface area contributed by atoms with E-state index in [0.717, 1.165) is 42.8 Å². The van der Waals surface area contributed by atoms with Gasteiger partial charge in [-0.15, -0.1) is 0 Å². The lowest BCUT2D eigenvalue weighted by atomic mass is 9.98. The van der Waals surface area contributed by atoms with E-state index >= 15 is 0 Å². The van der Waals surface area contributed by atoms with Crippen LogP contribution in [-0.4, -0.2) is 75.5 Å². The van der Waals surface area contributed by atoms with Crippen molar-refractivity contribution in [2.24, 2.45) is 0 Å². The van der Waals surface area contributed by atoms with E-state index in [-0.39, 0.29) is 24.7 Å². The van der Waals surface area contributed by atoms with E-state index in [9.17, 15) is 15.0 Å². The van der Waals surface area contributed by atoms with Crippen molar-refractivity contribution in [3.63, 3.8) is 0 Å². The van der Waals surface area contributed by atoms with Crippen molar-refractivity contribution < 1.29 is 29.0 Å². The molecule has 5 rings (SSSR count). The minimum absolute atomic E-state index is 0.118. The average Bonchev–Trinajstić information content (AvgIpc) is 3.71. The molecule has 1 aliphatic heterocycles. The van der Waals surface area contributed by atoms with E-state index in [2.05, 4.69) is 15.0 Å². The number of aryl methyl sites for hydroxylation is 1. The number of ether oxygens (including phenoxy) is 2. The molecule has 2 N–H and O–H groups in total. The number of phenolic OH excluding ortho intramolecular Hbond substituents is 1. The van der Waals surface area contributed by atoms with Crippen molar-refractivity contribution in [1.82, 2.24) is 19.9 Å². The molecule has 0 saturated carbocycles. The second-order valence-corrected chi connectivity index (χ2v) is 10.7. The van der Waals surface area contributed by atoms with Crippen molar-refractivity contribution in [3.05, 3.63) is 89.8 Å². The van der Waals surface area contributed by atoms with Crippen LogP contribution in [0.15, 0.2) is 77.3 Å². The molecule has 4 aromatic rings. The maximum atomic E-state index is 14.0. The summed E-state index contributed by atoms with van der Waals surface area (Å²) in [7, 11) is 1.61. The zero-order valence-corrected chi connectivity index (χ0v) is 24.6. The number of aromatic nitrogens is 2. The highest BCUT2D eigenvalue weighted by Crippen LogP contribution is 2.28. The van der Waals surface area contributed by atoms with Crippen LogP contribution in [0.4, 0.5) is 0 Å². The van der Waals surface area contributed by atoms with Gasteiger partial charge in [0, 0.05) is 25.6 Å². The van der Waals surface area contributed by atoms with Gasteiger partial charge in [-0.1, -0.05) is 41.6 Å². The van der Waals surface area contributed by atoms with Gasteiger partial charge in [-0.3, -0.25) is 4.79 Å². The van der Waals surface area contributed by atoms with Gasteiger partial charge in [0.2, 0.25) is 17.6 Å². The fourth-order valence-corrected chi connectivity index (χ4v) is 5.33. The molecule has 1 amide bonds. The number of amides is 1. The largest absolute Gasteiger partial charge is 0.508 e. The summed E-state index contributed by atoms with van der Waals surface area (Å²) < 4.78 is 16.2. The summed E-state index contributed by atoms with van der Waals surface area (Å²) in [6, 6.07) is 20.9. The third kappa shape index (κ3) is 7.91. The Morgan fingerprint density at radius 3 is 2.30 bits per heavy atom. The summed E-state index contributed by atoms with van der Waals surface area (Å²) in [5.74, 6) is 2.34. The van der Waals surface area contributed by atoms with Crippen LogP contribution in [-0.2, 0) is 11.3 Å². The van der Waals surface area contributed by atoms with E-state index < -0.39 is 12.1 Å². The van der Waals surface area contributed by atoms with Crippen LogP contribution in [0.3, 0.4) is 0 Å². The number of methoxy groups -OCH3 is 1. The quantitative estimate of drug-likeness (QED) is 0.228. The van der Waals surface area contributed by atoms with Gasteiger partial charge >= 0.3 is 0 Å². The molecule has 43 heavy (non-hydrogen) atoms. The summed E-state index contributed by atoms with van der Waals surface area (Å²) in [6.07, 6.45) is 1.34. The molecule has 1 fully saturated rings. The van der Waals surface area contributed by atoms with Crippen LogP contribution in [0.5, 0.6) is 17.2 Å². The second-order valence-electron chi connectivity index (χ2n) is 10.7. The number of aliphatic hydroxyl groups excluding tert-OH is 1. The number of benzene rings is 3. The predicted molar refractivity (Wildman–Crippen MR) is 161 cm³/mol. The fourth-order valence-electron chi connectivity index (χ4n) is 5.33. The Kier molecular flexibility index (Phi) is 9.91. The molecule has 2 atom stereocenters. The first kappa shape index (κ1) is 30.1. The summed E-state index contributed by atoms with van der Waals surface area (Å²) in [5.41, 5.74) is 2.35. The molecule has 3 aromatic carbocycles. The number of aliphatic hydroxyl groups is 1. The Hall–Kier alpha value is -4.41. The van der Waals surface area contributed by atoms with Crippen molar-refractivity contribution in [2.75, 3.05) is 33.4 Å². The Bertz CT molecular complexity index is 1450. The topological polar surface area (TPSA) is 121 Å². The lowest BCUT2D eigenvalue weighted by Gasteiger charge is -2.37. The molecule has 1 aliphatic rings. The summed E-state index contributed by atoms with van der Waals surface area (Å²) in [6.45, 7) is 4.57. The fraction of sp³-hybridized carbons (Fsp3) is 0.364. The highest BCUT2D eigenvalue weighted by atomic mass is 16.5. The summed E-state index contributed by atoms with van der Waals surface area (Å²) in [5, 5.41) is 25.5. The number of aromatic hydroxyl groups is 1. The molecule has 1 saturated heterocycles. The highest BCUT2D eigenvalue weighted by Gasteiger charge is 2.33. The normalized spacial score (nSPS) is 14.8. The third-order valence-corrected chi connectivity index (χ3v) is 7.70. The molecule has 0 unspecified atom stereocenters. The lowest BCUT2D eigenvalue weighted by Crippen LogP contribution is -2.49. The number of hydrogen-bond donors (Lipinski definition) is 2. The van der Waals surface area contributed by atoms with Crippen molar-refractivity contribution in [1.29, 1.82) is 0 Å². The van der Waals surface area contributed by atoms with E-state index in [1.54, 1.807) is 55.3 Å². The maximum absolute atomic E-state index is 14.0. The molecule has 0 aliphatic carbocycles. The van der Waals surface area contributed by atoms with Crippen molar-refractivity contribution >= 4 is 5.91 Å². The number of phenols is 1. The summed E-state index contributed by atoms with van der Waals surface area (Å²) in [4.78, 5) is 22.3. The van der Waals surface area contributed by atoms with Crippen molar-refractivity contribution in [3.8, 4) is 28.6 Å². The Morgan fingerprint density at radius 1 is 1.00 bits per heavy atom. The highest BCUT2D eigenvalue weighted by molar-refractivity contribution is 5.77. The molecule has 10 nitrogen and oxygen atoms in total. The SMILES string of the molecule is COc1ccc(OCCC(=O)N(Cc2ccc(-c3noc(C)n3)cc2)[C@H](CN2CCCC2)[C@H](O)c2ccc(O)cc2)cc1. The van der Waals surface area contributed by atoms with Gasteiger partial charge < -0.3 is 34.0 Å². The van der Waals surface area contributed by atoms with Gasteiger partial charge in [0.1, 0.15) is 23.4 Å². The summed E-state index contributed by atoms with van der Waals surface area (Å²) >= 11 is 0. The zero-order valence-electron chi connectivity index (χ0n) is 24.6. The molecule has 0 spiro atoms. The van der Waals surface area contributed by atoms with Crippen molar-refractivity contribution in [2.45, 2.75) is 44.9 Å². The number of likely N-dealkylation sites (tertiary alicyclic amines) is 1. The minimum atomic E-state index is -0.964. The lowest BCUT2D eigenvalue weighted by molar-refractivity contribution is -0.138. The number of hydrogen-bond acceptors (Lipinski definition) is 9. The first-order valence-electron chi connectivity index (χ1n) is 14.5. The maximum Gasteiger partial charge on any atom is 0.226 e. The molecule has 2 heterocycles.